The van der Waals surface area contributed by atoms with Crippen molar-refractivity contribution in [2.45, 2.75) is 11.3 Å². The highest BCUT2D eigenvalue weighted by molar-refractivity contribution is 7.89. The summed E-state index contributed by atoms with van der Waals surface area (Å²) in [4.78, 5) is 12.7. The van der Waals surface area contributed by atoms with Crippen LogP contribution in [0.3, 0.4) is 0 Å². The maximum Gasteiger partial charge on any atom is 0.338 e. The number of halogens is 1. The van der Waals surface area contributed by atoms with Gasteiger partial charge in [-0.05, 0) is 44.1 Å². The van der Waals surface area contributed by atoms with Gasteiger partial charge >= 0.3 is 5.97 Å². The smallest absolute Gasteiger partial charge is 0.338 e. The SMILES string of the molecule is CN1CCC(CNS(=O)(=O)c2ccc(F)c(C(=O)O)c2)C1. The van der Waals surface area contributed by atoms with Crippen molar-refractivity contribution in [3.05, 3.63) is 29.6 Å². The molecule has 6 nitrogen and oxygen atoms in total. The topological polar surface area (TPSA) is 86.7 Å². The van der Waals surface area contributed by atoms with Crippen LogP contribution < -0.4 is 4.72 Å². The maximum absolute atomic E-state index is 13.3. The summed E-state index contributed by atoms with van der Waals surface area (Å²) in [7, 11) is -1.87. The van der Waals surface area contributed by atoms with E-state index in [0.29, 0.717) is 0 Å². The Hall–Kier alpha value is -1.51. The summed E-state index contributed by atoms with van der Waals surface area (Å²) in [6.45, 7) is 2.02. The minimum atomic E-state index is -3.84. The molecule has 1 aromatic carbocycles. The van der Waals surface area contributed by atoms with E-state index in [1.54, 1.807) is 0 Å². The fraction of sp³-hybridized carbons (Fsp3) is 0.462. The van der Waals surface area contributed by atoms with Gasteiger partial charge in [-0.25, -0.2) is 22.3 Å². The summed E-state index contributed by atoms with van der Waals surface area (Å²) in [5.41, 5.74) is -0.654. The Labute approximate surface area is 122 Å². The van der Waals surface area contributed by atoms with Crippen molar-refractivity contribution in [3.8, 4) is 0 Å². The predicted octanol–water partition coefficient (Wildman–Crippen LogP) is 0.754. The molecule has 1 fully saturated rings. The number of nitrogens with one attached hydrogen (secondary N) is 1. The van der Waals surface area contributed by atoms with Gasteiger partial charge in [-0.2, -0.15) is 0 Å². The minimum absolute atomic E-state index is 0.226. The molecule has 1 atom stereocenters. The van der Waals surface area contributed by atoms with Crippen LogP contribution in [0.25, 0.3) is 0 Å². The van der Waals surface area contributed by atoms with Crippen molar-refractivity contribution in [2.75, 3.05) is 26.7 Å². The average Bonchev–Trinajstić information content (AvgIpc) is 2.82. The van der Waals surface area contributed by atoms with E-state index >= 15 is 0 Å². The number of nitrogens with zero attached hydrogens (tertiary/aromatic N) is 1. The van der Waals surface area contributed by atoms with Crippen molar-refractivity contribution < 1.29 is 22.7 Å². The molecule has 0 spiro atoms. The molecular weight excluding hydrogens is 299 g/mol. The first-order valence-corrected chi connectivity index (χ1v) is 7.99. The number of likely N-dealkylation sites (tertiary alicyclic amines) is 1. The fourth-order valence-corrected chi connectivity index (χ4v) is 3.48. The first-order chi connectivity index (χ1) is 9.79. The molecule has 1 aliphatic heterocycles. The van der Waals surface area contributed by atoms with Crippen molar-refractivity contribution in [2.24, 2.45) is 5.92 Å². The van der Waals surface area contributed by atoms with E-state index in [2.05, 4.69) is 9.62 Å². The molecule has 2 rings (SSSR count). The van der Waals surface area contributed by atoms with Crippen molar-refractivity contribution in [1.29, 1.82) is 0 Å². The highest BCUT2D eigenvalue weighted by Gasteiger charge is 2.23. The number of aromatic carboxylic acids is 1. The zero-order chi connectivity index (χ0) is 15.6. The Bertz CT molecular complexity index is 648. The summed E-state index contributed by atoms with van der Waals surface area (Å²) < 4.78 is 40.0. The van der Waals surface area contributed by atoms with Crippen LogP contribution >= 0.6 is 0 Å². The lowest BCUT2D eigenvalue weighted by atomic mass is 10.1. The van der Waals surface area contributed by atoms with E-state index in [-0.39, 0.29) is 17.4 Å². The molecular formula is C13H17FN2O4S. The van der Waals surface area contributed by atoms with Crippen molar-refractivity contribution >= 4 is 16.0 Å². The first-order valence-electron chi connectivity index (χ1n) is 6.50. The highest BCUT2D eigenvalue weighted by Crippen LogP contribution is 2.17. The quantitative estimate of drug-likeness (QED) is 0.837. The van der Waals surface area contributed by atoms with Gasteiger partial charge in [-0.15, -0.1) is 0 Å². The molecule has 2 N–H and O–H groups in total. The van der Waals surface area contributed by atoms with Crippen molar-refractivity contribution in [3.63, 3.8) is 0 Å². The van der Waals surface area contributed by atoms with Crippen LogP contribution in [0.4, 0.5) is 4.39 Å². The number of carbonyl (C=O) groups is 1. The number of carboxylic acids is 1. The molecule has 8 heteroatoms. The Balaban J connectivity index is 2.12. The molecule has 1 unspecified atom stereocenters. The van der Waals surface area contributed by atoms with Gasteiger partial charge in [0.2, 0.25) is 10.0 Å². The first kappa shape index (κ1) is 15.9. The van der Waals surface area contributed by atoms with Crippen LogP contribution in [-0.2, 0) is 10.0 Å². The van der Waals surface area contributed by atoms with Gasteiger partial charge < -0.3 is 10.0 Å². The third-order valence-electron chi connectivity index (χ3n) is 3.53. The second-order valence-electron chi connectivity index (χ2n) is 5.22. The molecule has 1 heterocycles. The average molecular weight is 316 g/mol. The normalized spacial score (nSPS) is 19.8. The van der Waals surface area contributed by atoms with E-state index < -0.39 is 27.4 Å². The van der Waals surface area contributed by atoms with E-state index in [9.17, 15) is 17.6 Å². The summed E-state index contributed by atoms with van der Waals surface area (Å²) in [6, 6.07) is 2.74. The molecule has 1 aromatic rings. The van der Waals surface area contributed by atoms with E-state index in [4.69, 9.17) is 5.11 Å². The maximum atomic E-state index is 13.3. The Kier molecular flexibility index (Phi) is 4.60. The molecule has 0 saturated carbocycles. The van der Waals surface area contributed by atoms with Crippen LogP contribution in [-0.4, -0.2) is 51.1 Å². The Morgan fingerprint density at radius 1 is 1.52 bits per heavy atom. The summed E-state index contributed by atoms with van der Waals surface area (Å²) >= 11 is 0. The lowest BCUT2D eigenvalue weighted by Gasteiger charge is -2.12. The van der Waals surface area contributed by atoms with Gasteiger partial charge in [0.15, 0.2) is 0 Å². The highest BCUT2D eigenvalue weighted by atomic mass is 32.2. The summed E-state index contributed by atoms with van der Waals surface area (Å²) in [5, 5.41) is 8.83. The largest absolute Gasteiger partial charge is 0.478 e. The number of sulfonamides is 1. The number of hydrogen-bond acceptors (Lipinski definition) is 4. The van der Waals surface area contributed by atoms with Crippen LogP contribution in [0.2, 0.25) is 0 Å². The molecule has 1 aliphatic rings. The van der Waals surface area contributed by atoms with Crippen molar-refractivity contribution in [1.82, 2.24) is 9.62 Å². The van der Waals surface area contributed by atoms with E-state index in [1.165, 1.54) is 0 Å². The molecule has 0 aromatic heterocycles. The van der Waals surface area contributed by atoms with Gasteiger partial charge in [0.1, 0.15) is 5.82 Å². The summed E-state index contributed by atoms with van der Waals surface area (Å²) in [5.74, 6) is -2.23. The Morgan fingerprint density at radius 3 is 2.81 bits per heavy atom. The molecule has 21 heavy (non-hydrogen) atoms. The van der Waals surface area contributed by atoms with Crippen LogP contribution in [0.15, 0.2) is 23.1 Å². The number of hydrogen-bond donors (Lipinski definition) is 2. The predicted molar refractivity (Wildman–Crippen MR) is 74.2 cm³/mol. The molecule has 0 radical (unpaired) electrons. The van der Waals surface area contributed by atoms with Gasteiger partial charge in [0.25, 0.3) is 0 Å². The molecule has 116 valence electrons. The number of rotatable bonds is 5. The minimum Gasteiger partial charge on any atom is -0.478 e. The summed E-state index contributed by atoms with van der Waals surface area (Å²) in [6.07, 6.45) is 0.906. The van der Waals surface area contributed by atoms with Crippen LogP contribution in [0, 0.1) is 11.7 Å². The van der Waals surface area contributed by atoms with Gasteiger partial charge in [-0.1, -0.05) is 0 Å². The third-order valence-corrected chi connectivity index (χ3v) is 4.95. The lowest BCUT2D eigenvalue weighted by Crippen LogP contribution is -2.30. The zero-order valence-corrected chi connectivity index (χ0v) is 12.4. The lowest BCUT2D eigenvalue weighted by molar-refractivity contribution is 0.0691. The standard InChI is InChI=1S/C13H17FN2O4S/c1-16-5-4-9(8-16)7-15-21(19,20)10-2-3-12(14)11(6-10)13(17)18/h2-3,6,9,15H,4-5,7-8H2,1H3,(H,17,18). The second kappa shape index (κ2) is 6.08. The number of benzene rings is 1. The molecule has 0 bridgehead atoms. The van der Waals surface area contributed by atoms with Crippen LogP contribution in [0.5, 0.6) is 0 Å². The van der Waals surface area contributed by atoms with E-state index in [1.807, 2.05) is 7.05 Å². The fourth-order valence-electron chi connectivity index (χ4n) is 2.34. The molecule has 0 aliphatic carbocycles. The van der Waals surface area contributed by atoms with Gasteiger partial charge in [-0.3, -0.25) is 0 Å². The number of carboxylic acid groups (broad SMARTS) is 1. The Morgan fingerprint density at radius 2 is 2.24 bits per heavy atom. The molecule has 0 amide bonds. The molecule has 1 saturated heterocycles. The second-order valence-corrected chi connectivity index (χ2v) is 6.98. The third kappa shape index (κ3) is 3.78. The van der Waals surface area contributed by atoms with Gasteiger partial charge in [0.05, 0.1) is 10.5 Å². The van der Waals surface area contributed by atoms with Gasteiger partial charge in [0, 0.05) is 13.1 Å². The van der Waals surface area contributed by atoms with E-state index in [0.717, 1.165) is 37.7 Å². The monoisotopic (exact) mass is 316 g/mol. The van der Waals surface area contributed by atoms with Crippen LogP contribution in [0.1, 0.15) is 16.8 Å². The zero-order valence-electron chi connectivity index (χ0n) is 11.5.